The molecular formula is C13H14N4O. The summed E-state index contributed by atoms with van der Waals surface area (Å²) in [6.45, 7) is 1.90. The van der Waals surface area contributed by atoms with Crippen molar-refractivity contribution in [2.24, 2.45) is 0 Å². The Morgan fingerprint density at radius 1 is 1.44 bits per heavy atom. The van der Waals surface area contributed by atoms with E-state index in [1.54, 1.807) is 6.20 Å². The van der Waals surface area contributed by atoms with E-state index in [1.165, 1.54) is 12.8 Å². The molecule has 1 amide bonds. The van der Waals surface area contributed by atoms with Crippen LogP contribution in [0.1, 0.15) is 40.6 Å². The van der Waals surface area contributed by atoms with Gasteiger partial charge < -0.3 is 5.32 Å². The number of H-pyrrole nitrogens is 1. The molecule has 2 heterocycles. The van der Waals surface area contributed by atoms with Gasteiger partial charge in [0.25, 0.3) is 5.91 Å². The molecule has 1 fully saturated rings. The lowest BCUT2D eigenvalue weighted by Gasteiger charge is -2.02. The molecule has 2 aromatic rings. The third-order valence-corrected chi connectivity index (χ3v) is 3.02. The van der Waals surface area contributed by atoms with Gasteiger partial charge in [-0.15, -0.1) is 0 Å². The van der Waals surface area contributed by atoms with E-state index in [0.29, 0.717) is 17.3 Å². The monoisotopic (exact) mass is 242 g/mol. The van der Waals surface area contributed by atoms with Crippen LogP contribution in [0.5, 0.6) is 0 Å². The van der Waals surface area contributed by atoms with Gasteiger partial charge in [0.05, 0.1) is 11.9 Å². The lowest BCUT2D eigenvalue weighted by Crippen LogP contribution is -2.12. The number of aromatic nitrogens is 3. The molecule has 5 heteroatoms. The third-order valence-electron chi connectivity index (χ3n) is 3.02. The maximum absolute atomic E-state index is 11.9. The van der Waals surface area contributed by atoms with E-state index in [9.17, 15) is 4.79 Å². The second-order valence-corrected chi connectivity index (χ2v) is 4.63. The van der Waals surface area contributed by atoms with Crippen LogP contribution in [-0.2, 0) is 0 Å². The van der Waals surface area contributed by atoms with Gasteiger partial charge in [0.15, 0.2) is 5.69 Å². The molecule has 0 atom stereocenters. The van der Waals surface area contributed by atoms with Crippen LogP contribution in [0.25, 0.3) is 0 Å². The van der Waals surface area contributed by atoms with E-state index in [-0.39, 0.29) is 5.91 Å². The number of hydrogen-bond donors (Lipinski definition) is 2. The fourth-order valence-corrected chi connectivity index (χ4v) is 1.79. The molecular weight excluding hydrogens is 228 g/mol. The number of amides is 1. The molecule has 0 aromatic carbocycles. The van der Waals surface area contributed by atoms with Gasteiger partial charge in [0.1, 0.15) is 0 Å². The summed E-state index contributed by atoms with van der Waals surface area (Å²) in [4.78, 5) is 16.1. The van der Waals surface area contributed by atoms with Crippen molar-refractivity contribution in [1.29, 1.82) is 0 Å². The SMILES string of the molecule is Cc1ccc(NC(=O)c2cc(C3CC3)[nH]n2)cn1. The first-order chi connectivity index (χ1) is 8.72. The average Bonchev–Trinajstić information content (AvgIpc) is 3.10. The second-order valence-electron chi connectivity index (χ2n) is 4.63. The second kappa shape index (κ2) is 4.25. The fourth-order valence-electron chi connectivity index (χ4n) is 1.79. The van der Waals surface area contributed by atoms with E-state index < -0.39 is 0 Å². The number of nitrogens with zero attached hydrogens (tertiary/aromatic N) is 2. The first-order valence-electron chi connectivity index (χ1n) is 6.02. The van der Waals surface area contributed by atoms with Crippen LogP contribution in [0.2, 0.25) is 0 Å². The molecule has 0 radical (unpaired) electrons. The summed E-state index contributed by atoms with van der Waals surface area (Å²) in [5.74, 6) is 0.365. The standard InChI is InChI=1S/C13H14N4O/c1-8-2-5-10(7-14-8)15-13(18)12-6-11(16-17-12)9-3-4-9/h2,5-7,9H,3-4H2,1H3,(H,15,18)(H,16,17). The molecule has 0 spiro atoms. The summed E-state index contributed by atoms with van der Waals surface area (Å²) in [5.41, 5.74) is 3.09. The summed E-state index contributed by atoms with van der Waals surface area (Å²) in [6.07, 6.45) is 4.01. The highest BCUT2D eigenvalue weighted by Gasteiger charge is 2.26. The smallest absolute Gasteiger partial charge is 0.276 e. The van der Waals surface area contributed by atoms with Crippen molar-refractivity contribution >= 4 is 11.6 Å². The molecule has 92 valence electrons. The van der Waals surface area contributed by atoms with Crippen LogP contribution in [0.4, 0.5) is 5.69 Å². The summed E-state index contributed by atoms with van der Waals surface area (Å²) in [6, 6.07) is 5.51. The minimum absolute atomic E-state index is 0.205. The minimum Gasteiger partial charge on any atom is -0.319 e. The Morgan fingerprint density at radius 2 is 2.28 bits per heavy atom. The van der Waals surface area contributed by atoms with E-state index >= 15 is 0 Å². The number of rotatable bonds is 3. The van der Waals surface area contributed by atoms with Crippen molar-refractivity contribution < 1.29 is 4.79 Å². The fraction of sp³-hybridized carbons (Fsp3) is 0.308. The van der Waals surface area contributed by atoms with Gasteiger partial charge in [-0.3, -0.25) is 14.9 Å². The van der Waals surface area contributed by atoms with Gasteiger partial charge in [0.2, 0.25) is 0 Å². The first-order valence-corrected chi connectivity index (χ1v) is 6.02. The Kier molecular flexibility index (Phi) is 2.59. The van der Waals surface area contributed by atoms with E-state index in [4.69, 9.17) is 0 Å². The average molecular weight is 242 g/mol. The van der Waals surface area contributed by atoms with Gasteiger partial charge in [-0.2, -0.15) is 5.10 Å². The predicted octanol–water partition coefficient (Wildman–Crippen LogP) is 2.24. The van der Waals surface area contributed by atoms with Crippen molar-refractivity contribution in [2.45, 2.75) is 25.7 Å². The van der Waals surface area contributed by atoms with Crippen molar-refractivity contribution in [3.05, 3.63) is 41.5 Å². The van der Waals surface area contributed by atoms with Crippen molar-refractivity contribution in [3.63, 3.8) is 0 Å². The Bertz CT molecular complexity index is 569. The summed E-state index contributed by atoms with van der Waals surface area (Å²) >= 11 is 0. The lowest BCUT2D eigenvalue weighted by molar-refractivity contribution is 0.102. The molecule has 2 N–H and O–H groups in total. The van der Waals surface area contributed by atoms with Crippen LogP contribution in [0, 0.1) is 6.92 Å². The Balaban J connectivity index is 1.71. The molecule has 3 rings (SSSR count). The Hall–Kier alpha value is -2.17. The number of aromatic amines is 1. The zero-order chi connectivity index (χ0) is 12.5. The maximum Gasteiger partial charge on any atom is 0.276 e. The molecule has 0 bridgehead atoms. The highest BCUT2D eigenvalue weighted by atomic mass is 16.1. The quantitative estimate of drug-likeness (QED) is 0.867. The van der Waals surface area contributed by atoms with Gasteiger partial charge >= 0.3 is 0 Å². The normalized spacial score (nSPS) is 14.5. The van der Waals surface area contributed by atoms with E-state index in [2.05, 4.69) is 20.5 Å². The van der Waals surface area contributed by atoms with Crippen LogP contribution in [0.15, 0.2) is 24.4 Å². The van der Waals surface area contributed by atoms with Crippen LogP contribution in [-0.4, -0.2) is 21.1 Å². The minimum atomic E-state index is -0.205. The van der Waals surface area contributed by atoms with E-state index in [1.807, 2.05) is 25.1 Å². The van der Waals surface area contributed by atoms with Crippen molar-refractivity contribution in [2.75, 3.05) is 5.32 Å². The number of anilines is 1. The Labute approximate surface area is 105 Å². The van der Waals surface area contributed by atoms with Crippen LogP contribution < -0.4 is 5.32 Å². The lowest BCUT2D eigenvalue weighted by atomic mass is 10.2. The van der Waals surface area contributed by atoms with Crippen molar-refractivity contribution in [1.82, 2.24) is 15.2 Å². The molecule has 0 saturated heterocycles. The van der Waals surface area contributed by atoms with Gasteiger partial charge in [-0.1, -0.05) is 0 Å². The first kappa shape index (κ1) is 11.0. The maximum atomic E-state index is 11.9. The summed E-state index contributed by atoms with van der Waals surface area (Å²) < 4.78 is 0. The molecule has 2 aromatic heterocycles. The predicted molar refractivity (Wildman–Crippen MR) is 67.5 cm³/mol. The van der Waals surface area contributed by atoms with Gasteiger partial charge in [0, 0.05) is 17.3 Å². The number of carbonyl (C=O) groups is 1. The van der Waals surface area contributed by atoms with E-state index in [0.717, 1.165) is 11.4 Å². The summed E-state index contributed by atoms with van der Waals surface area (Å²) in [7, 11) is 0. The highest BCUT2D eigenvalue weighted by Crippen LogP contribution is 2.38. The molecule has 1 aliphatic carbocycles. The molecule has 0 aliphatic heterocycles. The zero-order valence-electron chi connectivity index (χ0n) is 10.1. The largest absolute Gasteiger partial charge is 0.319 e. The number of pyridine rings is 1. The van der Waals surface area contributed by atoms with Crippen LogP contribution >= 0.6 is 0 Å². The highest BCUT2D eigenvalue weighted by molar-refractivity contribution is 6.02. The Morgan fingerprint density at radius 3 is 2.94 bits per heavy atom. The molecule has 1 aliphatic rings. The third kappa shape index (κ3) is 2.25. The zero-order valence-corrected chi connectivity index (χ0v) is 10.1. The molecule has 0 unspecified atom stereocenters. The number of nitrogens with one attached hydrogen (secondary N) is 2. The number of hydrogen-bond acceptors (Lipinski definition) is 3. The topological polar surface area (TPSA) is 70.7 Å². The molecule has 1 saturated carbocycles. The van der Waals surface area contributed by atoms with Crippen LogP contribution in [0.3, 0.4) is 0 Å². The van der Waals surface area contributed by atoms with Gasteiger partial charge in [-0.25, -0.2) is 0 Å². The molecule has 5 nitrogen and oxygen atoms in total. The van der Waals surface area contributed by atoms with Gasteiger partial charge in [-0.05, 0) is 38.0 Å². The molecule has 18 heavy (non-hydrogen) atoms. The summed E-state index contributed by atoms with van der Waals surface area (Å²) in [5, 5.41) is 9.72. The van der Waals surface area contributed by atoms with Crippen molar-refractivity contribution in [3.8, 4) is 0 Å². The number of aryl methyl sites for hydroxylation is 1. The number of carbonyl (C=O) groups excluding carboxylic acids is 1.